The van der Waals surface area contributed by atoms with Crippen molar-refractivity contribution in [3.05, 3.63) is 29.3 Å². The first-order valence-corrected chi connectivity index (χ1v) is 8.60. The van der Waals surface area contributed by atoms with Gasteiger partial charge in [-0.15, -0.1) is 0 Å². The van der Waals surface area contributed by atoms with E-state index in [0.29, 0.717) is 25.4 Å². The van der Waals surface area contributed by atoms with Gasteiger partial charge in [-0.3, -0.25) is 4.79 Å². The highest BCUT2D eigenvalue weighted by molar-refractivity contribution is 5.84. The molecule has 0 aliphatic carbocycles. The van der Waals surface area contributed by atoms with Crippen LogP contribution >= 0.6 is 0 Å². The summed E-state index contributed by atoms with van der Waals surface area (Å²) < 4.78 is 16.3. The van der Waals surface area contributed by atoms with Crippen molar-refractivity contribution in [2.75, 3.05) is 26.4 Å². The Bertz CT molecular complexity index is 626. The number of carboxylic acids is 1. The van der Waals surface area contributed by atoms with E-state index in [9.17, 15) is 14.7 Å². The Balaban J connectivity index is 1.52. The van der Waals surface area contributed by atoms with Crippen molar-refractivity contribution in [3.8, 4) is 5.75 Å². The monoisotopic (exact) mass is 349 g/mol. The molecule has 0 aromatic heterocycles. The van der Waals surface area contributed by atoms with Crippen LogP contribution in [0.2, 0.25) is 0 Å². The van der Waals surface area contributed by atoms with Crippen LogP contribution < -0.4 is 10.1 Å². The lowest BCUT2D eigenvalue weighted by Crippen LogP contribution is -2.34. The molecule has 3 rings (SSSR count). The van der Waals surface area contributed by atoms with E-state index in [1.165, 1.54) is 0 Å². The van der Waals surface area contributed by atoms with Gasteiger partial charge in [-0.2, -0.15) is 0 Å². The zero-order chi connectivity index (χ0) is 17.6. The quantitative estimate of drug-likeness (QED) is 0.774. The minimum atomic E-state index is -1.09. The smallest absolute Gasteiger partial charge is 0.330 e. The molecule has 0 saturated carbocycles. The second kappa shape index (κ2) is 8.31. The number of amides is 1. The maximum atomic E-state index is 12.1. The van der Waals surface area contributed by atoms with Crippen molar-refractivity contribution < 1.29 is 28.9 Å². The van der Waals surface area contributed by atoms with E-state index in [4.69, 9.17) is 14.2 Å². The average molecular weight is 349 g/mol. The first-order valence-electron chi connectivity index (χ1n) is 8.60. The molecule has 136 valence electrons. The highest BCUT2D eigenvalue weighted by Crippen LogP contribution is 2.28. The summed E-state index contributed by atoms with van der Waals surface area (Å²) in [6.07, 6.45) is 2.67. The second-order valence-electron chi connectivity index (χ2n) is 6.24. The van der Waals surface area contributed by atoms with Crippen LogP contribution in [-0.4, -0.2) is 49.5 Å². The summed E-state index contributed by atoms with van der Waals surface area (Å²) in [5.41, 5.74) is 1.52. The molecule has 2 aliphatic heterocycles. The average Bonchev–Trinajstić information content (AvgIpc) is 3.08. The molecule has 2 aliphatic rings. The summed E-state index contributed by atoms with van der Waals surface area (Å²) in [6.45, 7) is 2.24. The zero-order valence-electron chi connectivity index (χ0n) is 14.0. The lowest BCUT2D eigenvalue weighted by molar-refractivity contribution is -0.142. The lowest BCUT2D eigenvalue weighted by atomic mass is 10.0. The Morgan fingerprint density at radius 2 is 2.08 bits per heavy atom. The largest absolute Gasteiger partial charge is 0.493 e. The molecule has 1 amide bonds. The van der Waals surface area contributed by atoms with Crippen LogP contribution in [0.1, 0.15) is 36.4 Å². The van der Waals surface area contributed by atoms with Crippen LogP contribution in [-0.2, 0) is 25.5 Å². The predicted octanol–water partition coefficient (Wildman–Crippen LogP) is 1.45. The number of fused-ring (bicyclic) bond motifs is 1. The fourth-order valence-electron chi connectivity index (χ4n) is 3.07. The summed E-state index contributed by atoms with van der Waals surface area (Å²) in [4.78, 5) is 23.7. The molecule has 1 unspecified atom stereocenters. The standard InChI is InChI=1S/C18H23NO6/c20-16(6-10-24-14-4-7-23-8-5-14)19-17(18(21)22)13-1-2-15-12(11-13)3-9-25-15/h1-2,11,14,17H,3-10H2,(H,19,20)(H,21,22). The number of hydrogen-bond acceptors (Lipinski definition) is 5. The number of aliphatic carboxylic acids is 1. The molecule has 1 aromatic carbocycles. The summed E-state index contributed by atoms with van der Waals surface area (Å²) in [6, 6.07) is 4.16. The first-order chi connectivity index (χ1) is 12.1. The molecule has 2 N–H and O–H groups in total. The minimum Gasteiger partial charge on any atom is -0.493 e. The fourth-order valence-corrected chi connectivity index (χ4v) is 3.07. The van der Waals surface area contributed by atoms with E-state index in [2.05, 4.69) is 5.32 Å². The number of nitrogens with one attached hydrogen (secondary N) is 1. The van der Waals surface area contributed by atoms with Gasteiger partial charge in [-0.1, -0.05) is 6.07 Å². The van der Waals surface area contributed by atoms with Gasteiger partial charge in [0.1, 0.15) is 5.75 Å². The van der Waals surface area contributed by atoms with E-state index in [1.54, 1.807) is 18.2 Å². The molecule has 1 saturated heterocycles. The van der Waals surface area contributed by atoms with E-state index in [1.807, 2.05) is 0 Å². The molecule has 2 heterocycles. The molecule has 25 heavy (non-hydrogen) atoms. The molecule has 1 atom stereocenters. The third-order valence-corrected chi connectivity index (χ3v) is 4.45. The fraction of sp³-hybridized carbons (Fsp3) is 0.556. The second-order valence-corrected chi connectivity index (χ2v) is 6.24. The third kappa shape index (κ3) is 4.70. The number of benzene rings is 1. The molecule has 7 nitrogen and oxygen atoms in total. The normalized spacial score (nSPS) is 18.2. The van der Waals surface area contributed by atoms with Gasteiger partial charge in [0.25, 0.3) is 0 Å². The first kappa shape index (κ1) is 17.7. The molecule has 0 spiro atoms. The van der Waals surface area contributed by atoms with Crippen molar-refractivity contribution in [1.29, 1.82) is 0 Å². The lowest BCUT2D eigenvalue weighted by Gasteiger charge is -2.22. The van der Waals surface area contributed by atoms with E-state index < -0.39 is 12.0 Å². The van der Waals surface area contributed by atoms with Crippen LogP contribution in [0.4, 0.5) is 0 Å². The summed E-state index contributed by atoms with van der Waals surface area (Å²) in [7, 11) is 0. The Kier molecular flexibility index (Phi) is 5.88. The molecule has 0 radical (unpaired) electrons. The van der Waals surface area contributed by atoms with Crippen molar-refractivity contribution in [1.82, 2.24) is 5.32 Å². The van der Waals surface area contributed by atoms with Gasteiger partial charge in [0.15, 0.2) is 6.04 Å². The molecule has 0 bridgehead atoms. The number of rotatable bonds is 7. The highest BCUT2D eigenvalue weighted by Gasteiger charge is 2.24. The SMILES string of the molecule is O=C(CCOC1CCOCC1)NC(C(=O)O)c1ccc2c(c1)CCO2. The van der Waals surface area contributed by atoms with Crippen LogP contribution in [0.5, 0.6) is 5.75 Å². The van der Waals surface area contributed by atoms with Crippen molar-refractivity contribution in [3.63, 3.8) is 0 Å². The molecule has 1 fully saturated rings. The molecule has 1 aromatic rings. The van der Waals surface area contributed by atoms with Crippen molar-refractivity contribution in [2.24, 2.45) is 0 Å². The predicted molar refractivity (Wildman–Crippen MR) is 88.6 cm³/mol. The van der Waals surface area contributed by atoms with Crippen LogP contribution in [0.3, 0.4) is 0 Å². The minimum absolute atomic E-state index is 0.119. The van der Waals surface area contributed by atoms with Crippen molar-refractivity contribution >= 4 is 11.9 Å². The van der Waals surface area contributed by atoms with Crippen molar-refractivity contribution in [2.45, 2.75) is 37.8 Å². The maximum Gasteiger partial charge on any atom is 0.330 e. The Hall–Kier alpha value is -2.12. The summed E-state index contributed by atoms with van der Waals surface area (Å²) >= 11 is 0. The van der Waals surface area contributed by atoms with Crippen LogP contribution in [0.15, 0.2) is 18.2 Å². The van der Waals surface area contributed by atoms with Gasteiger partial charge in [0, 0.05) is 19.6 Å². The Morgan fingerprint density at radius 1 is 1.28 bits per heavy atom. The molecular formula is C18H23NO6. The molecular weight excluding hydrogens is 326 g/mol. The van der Waals surface area contributed by atoms with Gasteiger partial charge in [-0.05, 0) is 36.1 Å². The summed E-state index contributed by atoms with van der Waals surface area (Å²) in [5.74, 6) is -0.641. The molecule has 7 heteroatoms. The van der Waals surface area contributed by atoms with E-state index >= 15 is 0 Å². The zero-order valence-corrected chi connectivity index (χ0v) is 14.0. The highest BCUT2D eigenvalue weighted by atomic mass is 16.5. The Labute approximate surface area is 146 Å². The van der Waals surface area contributed by atoms with Gasteiger partial charge >= 0.3 is 5.97 Å². The Morgan fingerprint density at radius 3 is 2.84 bits per heavy atom. The van der Waals surface area contributed by atoms with Gasteiger partial charge in [0.2, 0.25) is 5.91 Å². The number of hydrogen-bond donors (Lipinski definition) is 2. The van der Waals surface area contributed by atoms with E-state index in [0.717, 1.165) is 30.6 Å². The summed E-state index contributed by atoms with van der Waals surface area (Å²) in [5, 5.41) is 12.0. The van der Waals surface area contributed by atoms with Crippen LogP contribution in [0, 0.1) is 0 Å². The number of carbonyl (C=O) groups excluding carboxylic acids is 1. The number of ether oxygens (including phenoxy) is 3. The number of carboxylic acid groups (broad SMARTS) is 1. The topological polar surface area (TPSA) is 94.1 Å². The van der Waals surface area contributed by atoms with Gasteiger partial charge < -0.3 is 24.6 Å². The maximum absolute atomic E-state index is 12.1. The van der Waals surface area contributed by atoms with Gasteiger partial charge in [0.05, 0.1) is 25.7 Å². The van der Waals surface area contributed by atoms with E-state index in [-0.39, 0.29) is 25.0 Å². The third-order valence-electron chi connectivity index (χ3n) is 4.45. The van der Waals surface area contributed by atoms with Crippen LogP contribution in [0.25, 0.3) is 0 Å². The number of carbonyl (C=O) groups is 2. The van der Waals surface area contributed by atoms with Gasteiger partial charge in [-0.25, -0.2) is 4.79 Å².